The Morgan fingerprint density at radius 2 is 1.81 bits per heavy atom. The molecule has 1 fully saturated rings. The van der Waals surface area contributed by atoms with E-state index in [-0.39, 0.29) is 48.6 Å². The molecule has 13 heteroatoms. The minimum Gasteiger partial charge on any atom is -0.444 e. The van der Waals surface area contributed by atoms with E-state index >= 15 is 4.39 Å². The highest BCUT2D eigenvalue weighted by molar-refractivity contribution is 7.90. The maximum Gasteiger partial charge on any atom is 0.410 e. The molecule has 0 aliphatic carbocycles. The number of halogens is 2. The van der Waals surface area contributed by atoms with Crippen molar-refractivity contribution >= 4 is 32.7 Å². The summed E-state index contributed by atoms with van der Waals surface area (Å²) < 4.78 is 67.4. The van der Waals surface area contributed by atoms with Gasteiger partial charge in [0.1, 0.15) is 23.3 Å². The molecule has 1 N–H and O–H groups in total. The van der Waals surface area contributed by atoms with Crippen LogP contribution in [-0.4, -0.2) is 71.0 Å². The molecular formula is C35H41F2N5O5S. The molecule has 2 aromatic heterocycles. The molecule has 2 aromatic carbocycles. The van der Waals surface area contributed by atoms with Crippen molar-refractivity contribution < 1.29 is 31.5 Å². The van der Waals surface area contributed by atoms with Gasteiger partial charge in [0.15, 0.2) is 9.84 Å². The van der Waals surface area contributed by atoms with Crippen LogP contribution in [0.25, 0.3) is 22.0 Å². The van der Waals surface area contributed by atoms with Gasteiger partial charge < -0.3 is 19.7 Å². The van der Waals surface area contributed by atoms with Crippen LogP contribution in [0.1, 0.15) is 52.2 Å². The summed E-state index contributed by atoms with van der Waals surface area (Å²) in [4.78, 5) is 27.4. The summed E-state index contributed by atoms with van der Waals surface area (Å²) in [5.74, 6) is -0.325. The first kappa shape index (κ1) is 34.9. The zero-order valence-corrected chi connectivity index (χ0v) is 28.8. The van der Waals surface area contributed by atoms with Gasteiger partial charge in [-0.2, -0.15) is 0 Å². The number of ether oxygens (including phenoxy) is 2. The first-order valence-corrected chi connectivity index (χ1v) is 17.7. The number of alkyl halides is 1. The highest BCUT2D eigenvalue weighted by atomic mass is 32.2. The highest BCUT2D eigenvalue weighted by Gasteiger charge is 2.33. The molecule has 0 radical (unpaired) electrons. The van der Waals surface area contributed by atoms with Crippen molar-refractivity contribution in [3.8, 4) is 22.9 Å². The highest BCUT2D eigenvalue weighted by Crippen LogP contribution is 2.38. The van der Waals surface area contributed by atoms with Crippen molar-refractivity contribution in [3.05, 3.63) is 71.8 Å². The van der Waals surface area contributed by atoms with E-state index in [2.05, 4.69) is 20.3 Å². The van der Waals surface area contributed by atoms with Gasteiger partial charge in [0, 0.05) is 42.4 Å². The maximum absolute atomic E-state index is 15.1. The number of likely N-dealkylation sites (tertiary alicyclic amines) is 1. The third-order valence-electron chi connectivity index (χ3n) is 7.64. The molecular weight excluding hydrogens is 640 g/mol. The van der Waals surface area contributed by atoms with Gasteiger partial charge in [0.2, 0.25) is 11.8 Å². The summed E-state index contributed by atoms with van der Waals surface area (Å²) in [5, 5.41) is 4.14. The zero-order valence-electron chi connectivity index (χ0n) is 28.0. The van der Waals surface area contributed by atoms with E-state index in [0.717, 1.165) is 5.56 Å². The van der Waals surface area contributed by atoms with Gasteiger partial charge in [-0.25, -0.2) is 36.9 Å². The number of nitrogens with one attached hydrogen (secondary N) is 1. The summed E-state index contributed by atoms with van der Waals surface area (Å²) >= 11 is 0. The molecule has 256 valence electrons. The van der Waals surface area contributed by atoms with Crippen molar-refractivity contribution in [2.24, 2.45) is 5.92 Å². The minimum absolute atomic E-state index is 0.0534. The quantitative estimate of drug-likeness (QED) is 0.194. The Morgan fingerprint density at radius 3 is 2.54 bits per heavy atom. The first-order chi connectivity index (χ1) is 22.6. The Morgan fingerprint density at radius 1 is 1.06 bits per heavy atom. The van der Waals surface area contributed by atoms with E-state index in [9.17, 15) is 17.6 Å². The van der Waals surface area contributed by atoms with E-state index in [1.807, 2.05) is 20.8 Å². The van der Waals surface area contributed by atoms with Crippen molar-refractivity contribution in [1.82, 2.24) is 19.9 Å². The molecule has 3 heterocycles. The van der Waals surface area contributed by atoms with Gasteiger partial charge in [-0.05, 0) is 74.9 Å². The fourth-order valence-electron chi connectivity index (χ4n) is 5.73. The number of nitrogens with zero attached hydrogens (tertiary/aromatic N) is 4. The van der Waals surface area contributed by atoms with Gasteiger partial charge in [0.25, 0.3) is 0 Å². The number of fused-ring (bicyclic) bond motifs is 1. The van der Waals surface area contributed by atoms with E-state index < -0.39 is 45.3 Å². The lowest BCUT2D eigenvalue weighted by atomic mass is 10.0. The number of amides is 1. The largest absolute Gasteiger partial charge is 0.444 e. The molecule has 1 aliphatic rings. The van der Waals surface area contributed by atoms with E-state index in [4.69, 9.17) is 9.47 Å². The second-order valence-corrected chi connectivity index (χ2v) is 15.7. The number of anilines is 1. The van der Waals surface area contributed by atoms with Gasteiger partial charge >= 0.3 is 6.09 Å². The van der Waals surface area contributed by atoms with Crippen LogP contribution >= 0.6 is 0 Å². The normalized spacial score (nSPS) is 17.1. The van der Waals surface area contributed by atoms with E-state index in [0.29, 0.717) is 27.8 Å². The van der Waals surface area contributed by atoms with Crippen LogP contribution in [0, 0.1) is 18.7 Å². The number of sulfone groups is 1. The average molecular weight is 682 g/mol. The van der Waals surface area contributed by atoms with Crippen LogP contribution in [0.5, 0.6) is 11.6 Å². The number of aryl methyl sites for hydroxylation is 1. The van der Waals surface area contributed by atoms with Gasteiger partial charge in [0.05, 0.1) is 29.3 Å². The van der Waals surface area contributed by atoms with Crippen molar-refractivity contribution in [2.45, 2.75) is 71.5 Å². The topological polar surface area (TPSA) is 124 Å². The predicted molar refractivity (Wildman–Crippen MR) is 181 cm³/mol. The summed E-state index contributed by atoms with van der Waals surface area (Å²) in [7, 11) is -3.56. The van der Waals surface area contributed by atoms with Crippen molar-refractivity contribution in [1.29, 1.82) is 0 Å². The Hall–Kier alpha value is -4.39. The lowest BCUT2D eigenvalue weighted by Crippen LogP contribution is -2.51. The molecule has 0 unspecified atom stereocenters. The van der Waals surface area contributed by atoms with Gasteiger partial charge in [-0.3, -0.25) is 0 Å². The van der Waals surface area contributed by atoms with Crippen LogP contribution in [-0.2, 0) is 20.3 Å². The number of hydrogen-bond acceptors (Lipinski definition) is 9. The third-order valence-corrected chi connectivity index (χ3v) is 9.54. The second kappa shape index (κ2) is 14.0. The number of pyridine rings is 1. The number of aromatic nitrogens is 3. The van der Waals surface area contributed by atoms with Crippen LogP contribution in [0.3, 0.4) is 0 Å². The molecule has 5 rings (SSSR count). The molecule has 0 bridgehead atoms. The smallest absolute Gasteiger partial charge is 0.410 e. The molecule has 10 nitrogen and oxygen atoms in total. The molecule has 0 spiro atoms. The number of carbonyl (C=O) groups excluding carboxylic acids is 1. The van der Waals surface area contributed by atoms with E-state index in [1.54, 1.807) is 69.6 Å². The molecule has 1 aliphatic heterocycles. The summed E-state index contributed by atoms with van der Waals surface area (Å²) in [5.41, 5.74) is 1.12. The Bertz CT molecular complexity index is 1920. The number of carbonyl (C=O) groups is 1. The van der Waals surface area contributed by atoms with Gasteiger partial charge in [-0.1, -0.05) is 26.0 Å². The Kier molecular flexibility index (Phi) is 10.2. The molecule has 1 amide bonds. The summed E-state index contributed by atoms with van der Waals surface area (Å²) in [6, 6.07) is 11.0. The minimum atomic E-state index is -3.56. The Balaban J connectivity index is 1.42. The fraction of sp³-hybridized carbons (Fsp3) is 0.429. The molecule has 2 atom stereocenters. The average Bonchev–Trinajstić information content (AvgIpc) is 2.98. The van der Waals surface area contributed by atoms with Crippen LogP contribution in [0.2, 0.25) is 0 Å². The lowest BCUT2D eigenvalue weighted by Gasteiger charge is -2.36. The molecule has 48 heavy (non-hydrogen) atoms. The van der Waals surface area contributed by atoms with Gasteiger partial charge in [-0.15, -0.1) is 0 Å². The maximum atomic E-state index is 15.1. The first-order valence-electron chi connectivity index (χ1n) is 15.8. The third kappa shape index (κ3) is 8.55. The monoisotopic (exact) mass is 681 g/mol. The SMILES string of the molecule is Cc1ccc2c(CS(=O)(=O)CC(C)C)c(F)ccc2c1Oc1ncccc1-c1ccnc(N[C@@H]2C[C@@H](F)CN(C(=O)OC(C)(C)C)C2)n1. The number of benzene rings is 2. The summed E-state index contributed by atoms with van der Waals surface area (Å²) in [6.07, 6.45) is 1.45. The van der Waals surface area contributed by atoms with Crippen LogP contribution < -0.4 is 10.1 Å². The fourth-order valence-corrected chi connectivity index (χ4v) is 7.60. The van der Waals surface area contributed by atoms with E-state index in [1.165, 1.54) is 11.0 Å². The number of piperidine rings is 1. The predicted octanol–water partition coefficient (Wildman–Crippen LogP) is 7.26. The molecule has 4 aromatic rings. The Labute approximate surface area is 279 Å². The van der Waals surface area contributed by atoms with Crippen LogP contribution in [0.4, 0.5) is 19.5 Å². The second-order valence-electron chi connectivity index (χ2n) is 13.6. The molecule has 1 saturated heterocycles. The molecule has 0 saturated carbocycles. The summed E-state index contributed by atoms with van der Waals surface area (Å²) in [6.45, 7) is 10.9. The van der Waals surface area contributed by atoms with Crippen LogP contribution in [0.15, 0.2) is 54.9 Å². The zero-order chi connectivity index (χ0) is 34.8. The number of hydrogen-bond donors (Lipinski definition) is 1. The van der Waals surface area contributed by atoms with Crippen molar-refractivity contribution in [3.63, 3.8) is 0 Å². The standard InChI is InChI=1S/C35H41F2N5O5S/c1-21(2)19-48(44,45)20-28-25-10-9-22(3)31(26(25)11-12-29(28)37)46-32-27(8-7-14-38-32)30-13-15-39-33(41-30)40-24-16-23(36)17-42(18-24)34(43)47-35(4,5)6/h7-15,21,23-24H,16-20H2,1-6H3,(H,39,40,41)/t23-,24-/m1/s1. The number of rotatable bonds is 9. The van der Waals surface area contributed by atoms with Crippen molar-refractivity contribution in [2.75, 3.05) is 24.2 Å². The lowest BCUT2D eigenvalue weighted by molar-refractivity contribution is 0.0124.